The number of aromatic nitrogens is 1. The van der Waals surface area contributed by atoms with Gasteiger partial charge in [0.2, 0.25) is 0 Å². The van der Waals surface area contributed by atoms with Crippen LogP contribution >= 0.6 is 0 Å². The Kier molecular flexibility index (Phi) is 5.96. The summed E-state index contributed by atoms with van der Waals surface area (Å²) < 4.78 is 28.1. The highest BCUT2D eigenvalue weighted by Crippen LogP contribution is 2.29. The fraction of sp³-hybridized carbons (Fsp3) is 0.444. The molecule has 1 N–H and O–H groups in total. The molecule has 2 aromatic carbocycles. The van der Waals surface area contributed by atoms with Crippen LogP contribution in [0.1, 0.15) is 19.3 Å². The van der Waals surface area contributed by atoms with Crippen molar-refractivity contribution in [3.8, 4) is 11.4 Å². The predicted octanol–water partition coefficient (Wildman–Crippen LogP) is 2.94. The second-order valence-corrected chi connectivity index (χ2v) is 9.82. The summed E-state index contributed by atoms with van der Waals surface area (Å²) in [6.45, 7) is 4.22. The highest BCUT2D eigenvalue weighted by atomic mass is 19.1. The normalized spacial score (nSPS) is 23.2. The maximum atomic E-state index is 15.1. The zero-order valence-electron chi connectivity index (χ0n) is 19.6. The maximum Gasteiger partial charge on any atom is 0.262 e. The van der Waals surface area contributed by atoms with Gasteiger partial charge in [-0.15, -0.1) is 0 Å². The van der Waals surface area contributed by atoms with Gasteiger partial charge < -0.3 is 19.5 Å². The van der Waals surface area contributed by atoms with E-state index in [-0.39, 0.29) is 23.6 Å². The Morgan fingerprint density at radius 1 is 1.09 bits per heavy atom. The van der Waals surface area contributed by atoms with Gasteiger partial charge in [0.05, 0.1) is 23.6 Å². The molecule has 1 aromatic heterocycles. The summed E-state index contributed by atoms with van der Waals surface area (Å²) in [5.74, 6) is 0.369. The molecule has 6 rings (SSSR count). The Balaban J connectivity index is 1.19. The zero-order valence-corrected chi connectivity index (χ0v) is 19.6. The number of anilines is 1. The second-order valence-electron chi connectivity index (χ2n) is 9.82. The number of ether oxygens (including phenoxy) is 2. The number of benzene rings is 2. The maximum absolute atomic E-state index is 15.1. The van der Waals surface area contributed by atoms with Gasteiger partial charge in [0.1, 0.15) is 18.2 Å². The standard InChI is InChI=1S/C27H30FN3O4/c28-25-13-19(3-6-26(25)29-9-8-20(14-29)30-15-21(32)16-30)31-10-7-18-12-22(4-5-24(18)27(31)33)35-17-23-2-1-11-34-23/h3-7,10,12-13,20-21,23,32H,1-2,8-9,11,14-17H2/t20?,23-/m1/s1. The number of hydrogen-bond donors (Lipinski definition) is 1. The van der Waals surface area contributed by atoms with E-state index >= 15 is 4.39 Å². The van der Waals surface area contributed by atoms with Gasteiger partial charge in [0.25, 0.3) is 5.56 Å². The topological polar surface area (TPSA) is 67.2 Å². The van der Waals surface area contributed by atoms with Gasteiger partial charge in [-0.05, 0) is 61.0 Å². The fourth-order valence-corrected chi connectivity index (χ4v) is 5.43. The first kappa shape index (κ1) is 22.5. The molecule has 0 bridgehead atoms. The van der Waals surface area contributed by atoms with Gasteiger partial charge in [-0.2, -0.15) is 0 Å². The molecule has 3 fully saturated rings. The molecule has 0 radical (unpaired) electrons. The van der Waals surface area contributed by atoms with Crippen molar-refractivity contribution in [3.05, 3.63) is 64.8 Å². The number of fused-ring (bicyclic) bond motifs is 1. The van der Waals surface area contributed by atoms with E-state index in [1.165, 1.54) is 10.6 Å². The van der Waals surface area contributed by atoms with Crippen LogP contribution in [0.2, 0.25) is 0 Å². The summed E-state index contributed by atoms with van der Waals surface area (Å²) in [7, 11) is 0. The molecule has 7 nitrogen and oxygen atoms in total. The van der Waals surface area contributed by atoms with E-state index in [0.29, 0.717) is 48.2 Å². The molecule has 4 heterocycles. The van der Waals surface area contributed by atoms with Gasteiger partial charge in [-0.25, -0.2) is 4.39 Å². The van der Waals surface area contributed by atoms with Gasteiger partial charge in [-0.3, -0.25) is 14.3 Å². The van der Waals surface area contributed by atoms with E-state index in [2.05, 4.69) is 9.80 Å². The Morgan fingerprint density at radius 2 is 1.97 bits per heavy atom. The number of aliphatic hydroxyl groups is 1. The van der Waals surface area contributed by atoms with Crippen LogP contribution in [0, 0.1) is 5.82 Å². The highest BCUT2D eigenvalue weighted by Gasteiger charge is 2.35. The molecule has 0 saturated carbocycles. The number of hydrogen-bond acceptors (Lipinski definition) is 6. The van der Waals surface area contributed by atoms with Crippen LogP contribution in [0.3, 0.4) is 0 Å². The molecule has 35 heavy (non-hydrogen) atoms. The van der Waals surface area contributed by atoms with Crippen molar-refractivity contribution in [1.82, 2.24) is 9.47 Å². The highest BCUT2D eigenvalue weighted by molar-refractivity contribution is 5.83. The first-order valence-electron chi connectivity index (χ1n) is 12.4. The minimum Gasteiger partial charge on any atom is -0.491 e. The minimum atomic E-state index is -0.336. The summed E-state index contributed by atoms with van der Waals surface area (Å²) in [6, 6.07) is 12.6. The third kappa shape index (κ3) is 4.42. The summed E-state index contributed by atoms with van der Waals surface area (Å²) in [6.07, 6.45) is 4.61. The van der Waals surface area contributed by atoms with Crippen molar-refractivity contribution in [2.45, 2.75) is 37.5 Å². The Hall–Kier alpha value is -2.94. The number of rotatable bonds is 6. The lowest BCUT2D eigenvalue weighted by Crippen LogP contribution is -2.56. The minimum absolute atomic E-state index is 0.131. The van der Waals surface area contributed by atoms with Crippen molar-refractivity contribution < 1.29 is 19.0 Å². The molecule has 0 amide bonds. The molecule has 3 aromatic rings. The van der Waals surface area contributed by atoms with Crippen LogP contribution in [0.5, 0.6) is 5.75 Å². The molecule has 3 aliphatic heterocycles. The van der Waals surface area contributed by atoms with Crippen molar-refractivity contribution in [2.75, 3.05) is 44.3 Å². The summed E-state index contributed by atoms with van der Waals surface area (Å²) >= 11 is 0. The van der Waals surface area contributed by atoms with Crippen molar-refractivity contribution in [2.24, 2.45) is 0 Å². The lowest BCUT2D eigenvalue weighted by atomic mass is 10.1. The third-order valence-corrected chi connectivity index (χ3v) is 7.46. The molecule has 8 heteroatoms. The van der Waals surface area contributed by atoms with E-state index in [1.54, 1.807) is 30.5 Å². The first-order valence-corrected chi connectivity index (χ1v) is 12.4. The quantitative estimate of drug-likeness (QED) is 0.587. The van der Waals surface area contributed by atoms with Crippen LogP contribution in [-0.2, 0) is 4.74 Å². The van der Waals surface area contributed by atoms with Crippen LogP contribution in [0.4, 0.5) is 10.1 Å². The molecule has 2 atom stereocenters. The third-order valence-electron chi connectivity index (χ3n) is 7.46. The van der Waals surface area contributed by atoms with Gasteiger partial charge >= 0.3 is 0 Å². The largest absolute Gasteiger partial charge is 0.491 e. The number of β-amino-alcohol motifs (C(OH)–C–C–N with tert-alkyl or cyclic N) is 1. The van der Waals surface area contributed by atoms with Crippen LogP contribution in [0.25, 0.3) is 16.5 Å². The van der Waals surface area contributed by atoms with Crippen molar-refractivity contribution in [3.63, 3.8) is 0 Å². The van der Waals surface area contributed by atoms with E-state index in [9.17, 15) is 9.90 Å². The van der Waals surface area contributed by atoms with Gasteiger partial charge in [-0.1, -0.05) is 0 Å². The first-order chi connectivity index (χ1) is 17.0. The van der Waals surface area contributed by atoms with Crippen LogP contribution in [0.15, 0.2) is 53.5 Å². The molecule has 3 saturated heterocycles. The Bertz CT molecular complexity index is 1280. The number of likely N-dealkylation sites (tertiary alicyclic amines) is 1. The molecular formula is C27H30FN3O4. The Morgan fingerprint density at radius 3 is 2.74 bits per heavy atom. The van der Waals surface area contributed by atoms with E-state index in [4.69, 9.17) is 9.47 Å². The summed E-state index contributed by atoms with van der Waals surface area (Å²) in [5, 5.41) is 10.9. The lowest BCUT2D eigenvalue weighted by molar-refractivity contribution is -0.0195. The molecule has 184 valence electrons. The SMILES string of the molecule is O=c1c2ccc(OC[C@H]3CCCO3)cc2ccn1-c1ccc(N2CCC(N3CC(O)C3)C2)c(F)c1. The van der Waals surface area contributed by atoms with E-state index in [0.717, 1.165) is 44.3 Å². The van der Waals surface area contributed by atoms with E-state index in [1.807, 2.05) is 12.1 Å². The number of pyridine rings is 1. The van der Waals surface area contributed by atoms with Crippen molar-refractivity contribution >= 4 is 16.5 Å². The van der Waals surface area contributed by atoms with E-state index < -0.39 is 0 Å². The second kappa shape index (κ2) is 9.26. The van der Waals surface area contributed by atoms with Gasteiger partial charge in [0.15, 0.2) is 0 Å². The average molecular weight is 480 g/mol. The summed E-state index contributed by atoms with van der Waals surface area (Å²) in [5.41, 5.74) is 0.857. The number of halogens is 1. The molecule has 1 unspecified atom stereocenters. The number of nitrogens with zero attached hydrogens (tertiary/aromatic N) is 3. The predicted molar refractivity (Wildman–Crippen MR) is 132 cm³/mol. The van der Waals surface area contributed by atoms with Crippen LogP contribution in [-0.4, -0.2) is 72.2 Å². The molecule has 0 spiro atoms. The molecule has 3 aliphatic rings. The number of aliphatic hydroxyl groups excluding tert-OH is 1. The fourth-order valence-electron chi connectivity index (χ4n) is 5.43. The van der Waals surface area contributed by atoms with Crippen LogP contribution < -0.4 is 15.2 Å². The average Bonchev–Trinajstić information content (AvgIpc) is 3.53. The molecular weight excluding hydrogens is 449 g/mol. The van der Waals surface area contributed by atoms with Gasteiger partial charge in [0, 0.05) is 56.5 Å². The smallest absolute Gasteiger partial charge is 0.262 e. The molecule has 0 aliphatic carbocycles. The monoisotopic (exact) mass is 479 g/mol. The lowest BCUT2D eigenvalue weighted by Gasteiger charge is -2.40. The summed E-state index contributed by atoms with van der Waals surface area (Å²) in [4.78, 5) is 17.5. The Labute approximate surface area is 203 Å². The van der Waals surface area contributed by atoms with Crippen molar-refractivity contribution in [1.29, 1.82) is 0 Å². The zero-order chi connectivity index (χ0) is 23.9.